The van der Waals surface area contributed by atoms with E-state index in [4.69, 9.17) is 14.2 Å². The van der Waals surface area contributed by atoms with E-state index in [1.165, 1.54) is 0 Å². The number of hydrogen-bond acceptors (Lipinski definition) is 6. The monoisotopic (exact) mass is 356 g/mol. The van der Waals surface area contributed by atoms with Gasteiger partial charge >= 0.3 is 6.03 Å². The van der Waals surface area contributed by atoms with Gasteiger partial charge in [0.25, 0.3) is 0 Å². The predicted octanol–water partition coefficient (Wildman–Crippen LogP) is 2.59. The number of benzene rings is 1. The van der Waals surface area contributed by atoms with Gasteiger partial charge in [0, 0.05) is 24.4 Å². The van der Waals surface area contributed by atoms with E-state index in [0.717, 1.165) is 18.5 Å². The molecule has 3 heterocycles. The largest absolute Gasteiger partial charge is 0.471 e. The van der Waals surface area contributed by atoms with E-state index in [2.05, 4.69) is 15.5 Å². The van der Waals surface area contributed by atoms with E-state index in [-0.39, 0.29) is 18.9 Å². The summed E-state index contributed by atoms with van der Waals surface area (Å²) in [7, 11) is 0. The standard InChI is InChI=1S/C18H20N4O4/c1-12-4-7-17(21-20-12)26-14-3-2-8-22(10-14)18(23)19-13-5-6-15-16(9-13)25-11-24-15/h4-7,9,14H,2-3,8,10-11H2,1H3,(H,19,23). The Morgan fingerprint density at radius 3 is 2.96 bits per heavy atom. The summed E-state index contributed by atoms with van der Waals surface area (Å²) >= 11 is 0. The molecule has 0 aliphatic carbocycles. The first-order chi connectivity index (χ1) is 12.7. The smallest absolute Gasteiger partial charge is 0.321 e. The number of urea groups is 1. The molecule has 4 rings (SSSR count). The van der Waals surface area contributed by atoms with Gasteiger partial charge < -0.3 is 24.4 Å². The lowest BCUT2D eigenvalue weighted by molar-refractivity contribution is 0.102. The van der Waals surface area contributed by atoms with Crippen LogP contribution >= 0.6 is 0 Å². The zero-order valence-corrected chi connectivity index (χ0v) is 14.5. The number of rotatable bonds is 3. The third-order valence-electron chi connectivity index (χ3n) is 4.35. The first-order valence-corrected chi connectivity index (χ1v) is 8.60. The minimum Gasteiger partial charge on any atom is -0.471 e. The Kier molecular flexibility index (Phi) is 4.47. The molecule has 0 spiro atoms. The SMILES string of the molecule is Cc1ccc(OC2CCCN(C(=O)Nc3ccc4c(c3)OCO4)C2)nn1. The molecule has 1 aromatic carbocycles. The second-order valence-corrected chi connectivity index (χ2v) is 6.34. The molecule has 0 bridgehead atoms. The van der Waals surface area contributed by atoms with Crippen LogP contribution in [0.3, 0.4) is 0 Å². The Morgan fingerprint density at radius 2 is 2.12 bits per heavy atom. The van der Waals surface area contributed by atoms with Crippen molar-refractivity contribution in [1.29, 1.82) is 0 Å². The summed E-state index contributed by atoms with van der Waals surface area (Å²) in [5.74, 6) is 1.81. The molecule has 1 aromatic heterocycles. The maximum Gasteiger partial charge on any atom is 0.321 e. The van der Waals surface area contributed by atoms with Gasteiger partial charge in [-0.05, 0) is 38.0 Å². The lowest BCUT2D eigenvalue weighted by Gasteiger charge is -2.32. The molecule has 1 N–H and O–H groups in total. The van der Waals surface area contributed by atoms with Crippen molar-refractivity contribution in [3.63, 3.8) is 0 Å². The first kappa shape index (κ1) is 16.4. The van der Waals surface area contributed by atoms with Gasteiger partial charge in [0.05, 0.1) is 12.2 Å². The zero-order valence-electron chi connectivity index (χ0n) is 14.5. The topological polar surface area (TPSA) is 85.8 Å². The molecule has 2 aliphatic heterocycles. The van der Waals surface area contributed by atoms with Crippen molar-refractivity contribution in [3.05, 3.63) is 36.0 Å². The second kappa shape index (κ2) is 7.07. The fraction of sp³-hybridized carbons (Fsp3) is 0.389. The van der Waals surface area contributed by atoms with Crippen molar-refractivity contribution < 1.29 is 19.0 Å². The molecule has 8 nitrogen and oxygen atoms in total. The van der Waals surface area contributed by atoms with E-state index < -0.39 is 0 Å². The van der Waals surface area contributed by atoms with Gasteiger partial charge in [-0.2, -0.15) is 5.10 Å². The van der Waals surface area contributed by atoms with Crippen molar-refractivity contribution in [2.75, 3.05) is 25.2 Å². The summed E-state index contributed by atoms with van der Waals surface area (Å²) in [6, 6.07) is 8.84. The van der Waals surface area contributed by atoms with Crippen molar-refractivity contribution in [2.45, 2.75) is 25.9 Å². The predicted molar refractivity (Wildman–Crippen MR) is 93.6 cm³/mol. The molecule has 2 aromatic rings. The summed E-state index contributed by atoms with van der Waals surface area (Å²) in [6.07, 6.45) is 1.66. The molecule has 1 atom stereocenters. The molecule has 0 radical (unpaired) electrons. The summed E-state index contributed by atoms with van der Waals surface area (Å²) in [5, 5.41) is 10.9. The van der Waals surface area contributed by atoms with Crippen molar-refractivity contribution in [1.82, 2.24) is 15.1 Å². The number of ether oxygens (including phenoxy) is 3. The van der Waals surface area contributed by atoms with E-state index in [1.54, 1.807) is 29.2 Å². The molecular weight excluding hydrogens is 336 g/mol. The number of nitrogens with zero attached hydrogens (tertiary/aromatic N) is 3. The maximum absolute atomic E-state index is 12.6. The Balaban J connectivity index is 1.36. The highest BCUT2D eigenvalue weighted by atomic mass is 16.7. The van der Waals surface area contributed by atoms with Crippen LogP contribution in [0.2, 0.25) is 0 Å². The minimum absolute atomic E-state index is 0.0942. The molecule has 1 saturated heterocycles. The van der Waals surface area contributed by atoms with Crippen LogP contribution in [0.1, 0.15) is 18.5 Å². The van der Waals surface area contributed by atoms with E-state index in [0.29, 0.717) is 36.2 Å². The van der Waals surface area contributed by atoms with Gasteiger partial charge in [0.1, 0.15) is 6.10 Å². The number of amides is 2. The third-order valence-corrected chi connectivity index (χ3v) is 4.35. The fourth-order valence-corrected chi connectivity index (χ4v) is 3.02. The number of nitrogens with one attached hydrogen (secondary N) is 1. The Hall–Kier alpha value is -3.03. The Bertz CT molecular complexity index is 796. The molecule has 0 saturated carbocycles. The molecule has 26 heavy (non-hydrogen) atoms. The van der Waals surface area contributed by atoms with Crippen LogP contribution in [0, 0.1) is 6.92 Å². The number of fused-ring (bicyclic) bond motifs is 1. The first-order valence-electron chi connectivity index (χ1n) is 8.60. The number of aromatic nitrogens is 2. The molecule has 136 valence electrons. The van der Waals surface area contributed by atoms with Crippen LogP contribution in [-0.2, 0) is 0 Å². The van der Waals surface area contributed by atoms with Crippen LogP contribution in [0.15, 0.2) is 30.3 Å². The maximum atomic E-state index is 12.6. The van der Waals surface area contributed by atoms with Crippen molar-refractivity contribution >= 4 is 11.7 Å². The average Bonchev–Trinajstić information content (AvgIpc) is 3.12. The molecular formula is C18H20N4O4. The summed E-state index contributed by atoms with van der Waals surface area (Å²) in [6.45, 7) is 3.28. The number of carbonyl (C=O) groups is 1. The second-order valence-electron chi connectivity index (χ2n) is 6.34. The van der Waals surface area contributed by atoms with Gasteiger partial charge in [-0.3, -0.25) is 0 Å². The number of piperidine rings is 1. The minimum atomic E-state index is -0.160. The summed E-state index contributed by atoms with van der Waals surface area (Å²) in [4.78, 5) is 14.3. The molecule has 1 fully saturated rings. The molecule has 2 amide bonds. The van der Waals surface area contributed by atoms with E-state index in [1.807, 2.05) is 13.0 Å². The highest BCUT2D eigenvalue weighted by molar-refractivity contribution is 5.89. The number of carbonyl (C=O) groups excluding carboxylic acids is 1. The fourth-order valence-electron chi connectivity index (χ4n) is 3.02. The molecule has 1 unspecified atom stereocenters. The lowest BCUT2D eigenvalue weighted by Crippen LogP contribution is -2.46. The average molecular weight is 356 g/mol. The van der Waals surface area contributed by atoms with E-state index >= 15 is 0 Å². The van der Waals surface area contributed by atoms with Crippen LogP contribution < -0.4 is 19.5 Å². The van der Waals surface area contributed by atoms with Gasteiger partial charge in [-0.25, -0.2) is 4.79 Å². The van der Waals surface area contributed by atoms with Crippen LogP contribution in [0.4, 0.5) is 10.5 Å². The molecule has 8 heteroatoms. The number of hydrogen-bond donors (Lipinski definition) is 1. The quantitative estimate of drug-likeness (QED) is 0.910. The van der Waals surface area contributed by atoms with Crippen molar-refractivity contribution in [3.8, 4) is 17.4 Å². The van der Waals surface area contributed by atoms with Gasteiger partial charge in [-0.15, -0.1) is 5.10 Å². The van der Waals surface area contributed by atoms with Crippen molar-refractivity contribution in [2.24, 2.45) is 0 Å². The van der Waals surface area contributed by atoms with Crippen LogP contribution in [0.5, 0.6) is 17.4 Å². The summed E-state index contributed by atoms with van der Waals surface area (Å²) < 4.78 is 16.5. The molecule has 2 aliphatic rings. The Morgan fingerprint density at radius 1 is 1.23 bits per heavy atom. The number of anilines is 1. The highest BCUT2D eigenvalue weighted by Gasteiger charge is 2.26. The third kappa shape index (κ3) is 3.63. The zero-order chi connectivity index (χ0) is 17.9. The van der Waals surface area contributed by atoms with Gasteiger partial charge in [0.15, 0.2) is 11.5 Å². The highest BCUT2D eigenvalue weighted by Crippen LogP contribution is 2.34. The van der Waals surface area contributed by atoms with Gasteiger partial charge in [0.2, 0.25) is 12.7 Å². The lowest BCUT2D eigenvalue weighted by atomic mass is 10.1. The Labute approximate surface area is 151 Å². The van der Waals surface area contributed by atoms with Crippen LogP contribution in [0.25, 0.3) is 0 Å². The number of aryl methyl sites for hydroxylation is 1. The normalized spacial score (nSPS) is 18.5. The van der Waals surface area contributed by atoms with Gasteiger partial charge in [-0.1, -0.05) is 0 Å². The van der Waals surface area contributed by atoms with Crippen LogP contribution in [-0.4, -0.2) is 47.1 Å². The van der Waals surface area contributed by atoms with E-state index in [9.17, 15) is 4.79 Å². The number of likely N-dealkylation sites (tertiary alicyclic amines) is 1. The summed E-state index contributed by atoms with van der Waals surface area (Å²) in [5.41, 5.74) is 1.51.